The summed E-state index contributed by atoms with van der Waals surface area (Å²) in [5, 5.41) is 5.32. The number of rotatable bonds is 7. The molecule has 4 rings (SSSR count). The third-order valence-electron chi connectivity index (χ3n) is 5.57. The molecule has 1 aromatic heterocycles. The van der Waals surface area contributed by atoms with Gasteiger partial charge in [-0.1, -0.05) is 6.07 Å². The number of alkyl halides is 2. The number of hydrogen-bond donors (Lipinski definition) is 3. The molecule has 1 fully saturated rings. The Morgan fingerprint density at radius 3 is 2.48 bits per heavy atom. The first-order valence-corrected chi connectivity index (χ1v) is 10.4. The fraction of sp³-hybridized carbons (Fsp3) is 0.250. The third-order valence-corrected chi connectivity index (χ3v) is 5.57. The number of H-pyrrole nitrogens is 1. The zero-order valence-electron chi connectivity index (χ0n) is 17.4. The molecular formula is C24H21F4N3O2. The predicted molar refractivity (Wildman–Crippen MR) is 114 cm³/mol. The SMILES string of the molecule is O=C(CCc1cc(-c2ccc(F)cc2)[nH]c1-c1ccc(C(F)F)cc1F)NC1CCNC1=O. The molecule has 1 aliphatic heterocycles. The van der Waals surface area contributed by atoms with E-state index in [-0.39, 0.29) is 30.2 Å². The van der Waals surface area contributed by atoms with Gasteiger partial charge in [0.2, 0.25) is 11.8 Å². The van der Waals surface area contributed by atoms with Crippen LogP contribution in [0.1, 0.15) is 30.4 Å². The van der Waals surface area contributed by atoms with Gasteiger partial charge in [0.25, 0.3) is 6.43 Å². The van der Waals surface area contributed by atoms with Gasteiger partial charge >= 0.3 is 0 Å². The number of hydrogen-bond acceptors (Lipinski definition) is 2. The summed E-state index contributed by atoms with van der Waals surface area (Å²) in [5.74, 6) is -1.80. The largest absolute Gasteiger partial charge is 0.354 e. The van der Waals surface area contributed by atoms with Crippen molar-refractivity contribution in [1.29, 1.82) is 0 Å². The zero-order chi connectivity index (χ0) is 23.5. The monoisotopic (exact) mass is 459 g/mol. The van der Waals surface area contributed by atoms with E-state index in [0.717, 1.165) is 12.1 Å². The van der Waals surface area contributed by atoms with Crippen LogP contribution >= 0.6 is 0 Å². The number of aromatic nitrogens is 1. The van der Waals surface area contributed by atoms with Crippen molar-refractivity contribution < 1.29 is 27.2 Å². The Morgan fingerprint density at radius 2 is 1.85 bits per heavy atom. The second-order valence-electron chi connectivity index (χ2n) is 7.83. The van der Waals surface area contributed by atoms with Crippen molar-refractivity contribution in [3.05, 3.63) is 71.3 Å². The second kappa shape index (κ2) is 9.48. The molecule has 1 saturated heterocycles. The van der Waals surface area contributed by atoms with E-state index in [1.807, 2.05) is 0 Å². The minimum atomic E-state index is -2.80. The number of aryl methyl sites for hydroxylation is 1. The van der Waals surface area contributed by atoms with E-state index in [1.165, 1.54) is 18.2 Å². The average Bonchev–Trinajstić information content (AvgIpc) is 3.39. The molecule has 1 aliphatic rings. The molecule has 3 N–H and O–H groups in total. The van der Waals surface area contributed by atoms with Crippen molar-refractivity contribution in [3.8, 4) is 22.5 Å². The van der Waals surface area contributed by atoms with E-state index >= 15 is 0 Å². The van der Waals surface area contributed by atoms with Crippen molar-refractivity contribution in [3.63, 3.8) is 0 Å². The van der Waals surface area contributed by atoms with Crippen LogP contribution in [-0.2, 0) is 16.0 Å². The Labute approximate surface area is 187 Å². The summed E-state index contributed by atoms with van der Waals surface area (Å²) in [6.45, 7) is 0.501. The van der Waals surface area contributed by atoms with Gasteiger partial charge in [-0.05, 0) is 66.4 Å². The van der Waals surface area contributed by atoms with Crippen LogP contribution in [-0.4, -0.2) is 29.4 Å². The molecule has 1 unspecified atom stereocenters. The van der Waals surface area contributed by atoms with Crippen LogP contribution in [0.2, 0.25) is 0 Å². The molecular weight excluding hydrogens is 438 g/mol. The Kier molecular flexibility index (Phi) is 6.48. The molecule has 0 aliphatic carbocycles. The number of carbonyl (C=O) groups is 2. The molecule has 0 spiro atoms. The van der Waals surface area contributed by atoms with E-state index < -0.39 is 29.7 Å². The first-order chi connectivity index (χ1) is 15.8. The summed E-state index contributed by atoms with van der Waals surface area (Å²) in [6.07, 6.45) is -2.05. The molecule has 9 heteroatoms. The van der Waals surface area contributed by atoms with Crippen molar-refractivity contribution in [2.75, 3.05) is 6.54 Å². The molecule has 5 nitrogen and oxygen atoms in total. The van der Waals surface area contributed by atoms with Gasteiger partial charge in [0, 0.05) is 29.8 Å². The summed E-state index contributed by atoms with van der Waals surface area (Å²) < 4.78 is 53.9. The minimum Gasteiger partial charge on any atom is -0.354 e. The fourth-order valence-electron chi connectivity index (χ4n) is 3.84. The van der Waals surface area contributed by atoms with E-state index in [2.05, 4.69) is 15.6 Å². The average molecular weight is 459 g/mol. The molecule has 3 aromatic rings. The van der Waals surface area contributed by atoms with Gasteiger partial charge in [0.1, 0.15) is 17.7 Å². The molecule has 1 atom stereocenters. The molecule has 2 amide bonds. The summed E-state index contributed by atoms with van der Waals surface area (Å²) >= 11 is 0. The van der Waals surface area contributed by atoms with Gasteiger partial charge in [-0.25, -0.2) is 17.6 Å². The zero-order valence-corrected chi connectivity index (χ0v) is 17.4. The molecule has 2 aromatic carbocycles. The molecule has 0 saturated carbocycles. The van der Waals surface area contributed by atoms with Crippen LogP contribution < -0.4 is 10.6 Å². The lowest BCUT2D eigenvalue weighted by Gasteiger charge is -2.10. The van der Waals surface area contributed by atoms with Crippen LogP contribution in [0.25, 0.3) is 22.5 Å². The summed E-state index contributed by atoms with van der Waals surface area (Å²) in [6, 6.07) is 10.0. The Bertz CT molecular complexity index is 1170. The lowest BCUT2D eigenvalue weighted by Crippen LogP contribution is -2.40. The number of nitrogens with one attached hydrogen (secondary N) is 3. The second-order valence-corrected chi connectivity index (χ2v) is 7.83. The highest BCUT2D eigenvalue weighted by molar-refractivity contribution is 5.89. The van der Waals surface area contributed by atoms with E-state index in [1.54, 1.807) is 18.2 Å². The maximum absolute atomic E-state index is 14.7. The van der Waals surface area contributed by atoms with Gasteiger partial charge in [-0.15, -0.1) is 0 Å². The van der Waals surface area contributed by atoms with Crippen LogP contribution in [0, 0.1) is 11.6 Å². The van der Waals surface area contributed by atoms with Gasteiger partial charge < -0.3 is 15.6 Å². The number of benzene rings is 2. The van der Waals surface area contributed by atoms with Gasteiger partial charge in [-0.2, -0.15) is 0 Å². The van der Waals surface area contributed by atoms with Crippen LogP contribution in [0.3, 0.4) is 0 Å². The Morgan fingerprint density at radius 1 is 1.09 bits per heavy atom. The van der Waals surface area contributed by atoms with Crippen molar-refractivity contribution >= 4 is 11.8 Å². The molecule has 33 heavy (non-hydrogen) atoms. The smallest absolute Gasteiger partial charge is 0.263 e. The van der Waals surface area contributed by atoms with E-state index in [4.69, 9.17) is 0 Å². The quantitative estimate of drug-likeness (QED) is 0.455. The van der Waals surface area contributed by atoms with Crippen molar-refractivity contribution in [2.24, 2.45) is 0 Å². The van der Waals surface area contributed by atoms with Gasteiger partial charge in [-0.3, -0.25) is 9.59 Å². The molecule has 0 bridgehead atoms. The van der Waals surface area contributed by atoms with Crippen molar-refractivity contribution in [2.45, 2.75) is 31.7 Å². The minimum absolute atomic E-state index is 0.0359. The van der Waals surface area contributed by atoms with Crippen LogP contribution in [0.5, 0.6) is 0 Å². The highest BCUT2D eigenvalue weighted by Gasteiger charge is 2.25. The third kappa shape index (κ3) is 5.08. The Balaban J connectivity index is 1.62. The lowest BCUT2D eigenvalue weighted by molar-refractivity contribution is -0.127. The summed E-state index contributed by atoms with van der Waals surface area (Å²) in [7, 11) is 0. The highest BCUT2D eigenvalue weighted by atomic mass is 19.3. The van der Waals surface area contributed by atoms with Crippen molar-refractivity contribution in [1.82, 2.24) is 15.6 Å². The molecule has 2 heterocycles. The number of carbonyl (C=O) groups excluding carboxylic acids is 2. The topological polar surface area (TPSA) is 74.0 Å². The fourth-order valence-corrected chi connectivity index (χ4v) is 3.84. The van der Waals surface area contributed by atoms with Gasteiger partial charge in [0.05, 0.1) is 5.69 Å². The summed E-state index contributed by atoms with van der Waals surface area (Å²) in [5.41, 5.74) is 1.78. The lowest BCUT2D eigenvalue weighted by atomic mass is 10.0. The summed E-state index contributed by atoms with van der Waals surface area (Å²) in [4.78, 5) is 27.1. The standard InChI is InChI=1S/C24H21F4N3O2/c25-16-5-1-13(2-6-16)20-12-14(4-8-21(32)30-19-9-10-29-24(19)33)22(31-20)17-7-3-15(23(27)28)11-18(17)26/h1-3,5-7,11-12,19,23,31H,4,8-10H2,(H,29,33)(H,30,32). The maximum Gasteiger partial charge on any atom is 0.263 e. The normalized spacial score (nSPS) is 15.7. The first-order valence-electron chi connectivity index (χ1n) is 10.4. The molecule has 0 radical (unpaired) electrons. The van der Waals surface area contributed by atoms with Crippen LogP contribution in [0.4, 0.5) is 17.6 Å². The van der Waals surface area contributed by atoms with E-state index in [9.17, 15) is 27.2 Å². The van der Waals surface area contributed by atoms with Gasteiger partial charge in [0.15, 0.2) is 0 Å². The maximum atomic E-state index is 14.7. The van der Waals surface area contributed by atoms with Crippen LogP contribution in [0.15, 0.2) is 48.5 Å². The predicted octanol–water partition coefficient (Wildman–Crippen LogP) is 4.50. The highest BCUT2D eigenvalue weighted by Crippen LogP contribution is 2.33. The number of aromatic amines is 1. The number of amides is 2. The number of halogens is 4. The first kappa shape index (κ1) is 22.6. The van der Waals surface area contributed by atoms with E-state index in [0.29, 0.717) is 35.5 Å². The molecule has 172 valence electrons. The Hall–Kier alpha value is -3.62.